The smallest absolute Gasteiger partial charge is 0.365 e. The summed E-state index contributed by atoms with van der Waals surface area (Å²) in [7, 11) is 2.03. The second kappa shape index (κ2) is 5.45. The second-order valence-corrected chi connectivity index (χ2v) is 5.31. The Bertz CT molecular complexity index is 460. The molecule has 6 nitrogen and oxygen atoms in total. The van der Waals surface area contributed by atoms with E-state index in [0.29, 0.717) is 18.0 Å². The lowest BCUT2D eigenvalue weighted by molar-refractivity contribution is 0.0695. The number of carbonyl (C=O) groups is 2. The largest absolute Gasteiger partial charge is 0.476 e. The lowest BCUT2D eigenvalue weighted by Gasteiger charge is -2.19. The number of aromatic nitrogens is 1. The van der Waals surface area contributed by atoms with Crippen molar-refractivity contribution in [3.8, 4) is 0 Å². The molecule has 0 radical (unpaired) electrons. The number of hydrogen-bond donors (Lipinski definition) is 1. The number of thiazole rings is 1. The molecule has 7 heteroatoms. The van der Waals surface area contributed by atoms with Crippen LogP contribution in [0.5, 0.6) is 0 Å². The number of carboxylic acid groups (broad SMARTS) is 1. The maximum Gasteiger partial charge on any atom is 0.365 e. The molecule has 18 heavy (non-hydrogen) atoms. The lowest BCUT2D eigenvalue weighted by Crippen LogP contribution is -2.34. The molecule has 0 saturated carbocycles. The van der Waals surface area contributed by atoms with Crippen LogP contribution in [0.2, 0.25) is 0 Å². The van der Waals surface area contributed by atoms with Crippen LogP contribution < -0.4 is 0 Å². The molecule has 0 atom stereocenters. The monoisotopic (exact) mass is 269 g/mol. The average molecular weight is 269 g/mol. The molecule has 0 aromatic carbocycles. The van der Waals surface area contributed by atoms with Gasteiger partial charge in [0.05, 0.1) is 6.20 Å². The van der Waals surface area contributed by atoms with Crippen LogP contribution >= 0.6 is 11.3 Å². The quantitative estimate of drug-likeness (QED) is 0.852. The summed E-state index contributed by atoms with van der Waals surface area (Å²) in [5.41, 5.74) is 0. The van der Waals surface area contributed by atoms with Crippen molar-refractivity contribution in [3.05, 3.63) is 16.1 Å². The van der Waals surface area contributed by atoms with Crippen molar-refractivity contribution in [1.82, 2.24) is 14.8 Å². The van der Waals surface area contributed by atoms with Crippen LogP contribution in [0.25, 0.3) is 0 Å². The molecule has 0 spiro atoms. The summed E-state index contributed by atoms with van der Waals surface area (Å²) in [6.45, 7) is 3.21. The molecule has 1 aliphatic heterocycles. The first-order valence-corrected chi connectivity index (χ1v) is 6.56. The van der Waals surface area contributed by atoms with E-state index in [0.717, 1.165) is 30.8 Å². The molecule has 1 amide bonds. The topological polar surface area (TPSA) is 73.7 Å². The molecule has 1 fully saturated rings. The van der Waals surface area contributed by atoms with Gasteiger partial charge in [-0.2, -0.15) is 0 Å². The van der Waals surface area contributed by atoms with Crippen molar-refractivity contribution in [2.24, 2.45) is 0 Å². The first kappa shape index (κ1) is 13.0. The molecular weight excluding hydrogens is 254 g/mol. The van der Waals surface area contributed by atoms with Crippen LogP contribution in [0, 0.1) is 0 Å². The fourth-order valence-electron chi connectivity index (χ4n) is 1.88. The van der Waals surface area contributed by atoms with Gasteiger partial charge in [-0.15, -0.1) is 11.3 Å². The van der Waals surface area contributed by atoms with E-state index < -0.39 is 5.97 Å². The molecule has 0 bridgehead atoms. The van der Waals surface area contributed by atoms with Crippen molar-refractivity contribution >= 4 is 23.2 Å². The molecular formula is C11H15N3O3S. The maximum absolute atomic E-state index is 12.2. The Morgan fingerprint density at radius 2 is 2.11 bits per heavy atom. The zero-order valence-electron chi connectivity index (χ0n) is 10.1. The SMILES string of the molecule is CN1CCCN(C(=O)c2cnc(C(=O)O)s2)CC1. The molecule has 1 aliphatic rings. The Kier molecular flexibility index (Phi) is 3.93. The Balaban J connectivity index is 2.07. The number of nitrogens with zero attached hydrogens (tertiary/aromatic N) is 3. The molecule has 2 rings (SSSR count). The van der Waals surface area contributed by atoms with E-state index in [1.165, 1.54) is 6.20 Å². The van der Waals surface area contributed by atoms with Gasteiger partial charge in [-0.05, 0) is 20.0 Å². The van der Waals surface area contributed by atoms with E-state index in [1.54, 1.807) is 4.90 Å². The highest BCUT2D eigenvalue weighted by Gasteiger charge is 2.22. The van der Waals surface area contributed by atoms with Gasteiger partial charge in [0.1, 0.15) is 4.88 Å². The highest BCUT2D eigenvalue weighted by atomic mass is 32.1. The summed E-state index contributed by atoms with van der Waals surface area (Å²) in [4.78, 5) is 31.0. The molecule has 98 valence electrons. The first-order valence-electron chi connectivity index (χ1n) is 5.75. The van der Waals surface area contributed by atoms with E-state index in [1.807, 2.05) is 7.05 Å². The Hall–Kier alpha value is -1.47. The molecule has 0 unspecified atom stereocenters. The third-order valence-electron chi connectivity index (χ3n) is 2.91. The third kappa shape index (κ3) is 2.85. The van der Waals surface area contributed by atoms with E-state index >= 15 is 0 Å². The van der Waals surface area contributed by atoms with Gasteiger partial charge in [-0.1, -0.05) is 0 Å². The summed E-state index contributed by atoms with van der Waals surface area (Å²) in [5, 5.41) is 8.75. The van der Waals surface area contributed by atoms with Crippen molar-refractivity contribution in [2.75, 3.05) is 33.2 Å². The van der Waals surface area contributed by atoms with Crippen molar-refractivity contribution < 1.29 is 14.7 Å². The highest BCUT2D eigenvalue weighted by Crippen LogP contribution is 2.16. The Morgan fingerprint density at radius 3 is 2.78 bits per heavy atom. The Morgan fingerprint density at radius 1 is 1.33 bits per heavy atom. The first-order chi connectivity index (χ1) is 8.58. The minimum Gasteiger partial charge on any atom is -0.476 e. The number of rotatable bonds is 2. The maximum atomic E-state index is 12.2. The van der Waals surface area contributed by atoms with Crippen LogP contribution in [0.3, 0.4) is 0 Å². The fraction of sp³-hybridized carbons (Fsp3) is 0.545. The zero-order valence-corrected chi connectivity index (χ0v) is 10.9. The van der Waals surface area contributed by atoms with Gasteiger partial charge >= 0.3 is 5.97 Å². The van der Waals surface area contributed by atoms with Gasteiger partial charge < -0.3 is 14.9 Å². The number of aromatic carboxylic acids is 1. The predicted molar refractivity (Wildman–Crippen MR) is 67.1 cm³/mol. The van der Waals surface area contributed by atoms with E-state index in [-0.39, 0.29) is 10.9 Å². The van der Waals surface area contributed by atoms with Gasteiger partial charge in [-0.3, -0.25) is 4.79 Å². The predicted octanol–water partition coefficient (Wildman–Crippen LogP) is 0.619. The fourth-order valence-corrected chi connectivity index (χ4v) is 2.60. The van der Waals surface area contributed by atoms with Crippen LogP contribution in [0.4, 0.5) is 0 Å². The van der Waals surface area contributed by atoms with Crippen LogP contribution in [-0.4, -0.2) is 65.0 Å². The van der Waals surface area contributed by atoms with Gasteiger partial charge in [0.2, 0.25) is 5.01 Å². The normalized spacial score (nSPS) is 17.5. The second-order valence-electron chi connectivity index (χ2n) is 4.28. The van der Waals surface area contributed by atoms with Crippen molar-refractivity contribution in [2.45, 2.75) is 6.42 Å². The number of hydrogen-bond acceptors (Lipinski definition) is 5. The van der Waals surface area contributed by atoms with E-state index in [9.17, 15) is 9.59 Å². The lowest BCUT2D eigenvalue weighted by atomic mass is 10.3. The van der Waals surface area contributed by atoms with E-state index in [2.05, 4.69) is 9.88 Å². The van der Waals surface area contributed by atoms with E-state index in [4.69, 9.17) is 5.11 Å². The summed E-state index contributed by atoms with van der Waals surface area (Å²) >= 11 is 0.935. The standard InChI is InChI=1S/C11H15N3O3S/c1-13-3-2-4-14(6-5-13)10(15)8-7-12-9(18-8)11(16)17/h7H,2-6H2,1H3,(H,16,17). The summed E-state index contributed by atoms with van der Waals surface area (Å²) in [5.74, 6) is -1.20. The molecule has 0 aliphatic carbocycles. The summed E-state index contributed by atoms with van der Waals surface area (Å²) in [6, 6.07) is 0. The summed E-state index contributed by atoms with van der Waals surface area (Å²) < 4.78 is 0. The number of carboxylic acids is 1. The van der Waals surface area contributed by atoms with Gasteiger partial charge in [0.15, 0.2) is 0 Å². The van der Waals surface area contributed by atoms with Crippen molar-refractivity contribution in [1.29, 1.82) is 0 Å². The van der Waals surface area contributed by atoms with Gasteiger partial charge in [0.25, 0.3) is 5.91 Å². The number of likely N-dealkylation sites (N-methyl/N-ethyl adjacent to an activating group) is 1. The Labute approximate surface area is 109 Å². The van der Waals surface area contributed by atoms with Gasteiger partial charge in [-0.25, -0.2) is 9.78 Å². The average Bonchev–Trinajstić information content (AvgIpc) is 2.73. The van der Waals surface area contributed by atoms with Gasteiger partial charge in [0, 0.05) is 19.6 Å². The minimum atomic E-state index is -1.09. The minimum absolute atomic E-state index is 0.0368. The molecule has 1 N–H and O–H groups in total. The number of carbonyl (C=O) groups excluding carboxylic acids is 1. The zero-order chi connectivity index (χ0) is 13.1. The third-order valence-corrected chi connectivity index (χ3v) is 3.88. The van der Waals surface area contributed by atoms with Crippen LogP contribution in [-0.2, 0) is 0 Å². The number of amides is 1. The molecule has 1 saturated heterocycles. The van der Waals surface area contributed by atoms with Crippen LogP contribution in [0.1, 0.15) is 25.9 Å². The summed E-state index contributed by atoms with van der Waals surface area (Å²) in [6.07, 6.45) is 2.29. The van der Waals surface area contributed by atoms with Crippen molar-refractivity contribution in [3.63, 3.8) is 0 Å². The molecule has 2 heterocycles. The highest BCUT2D eigenvalue weighted by molar-refractivity contribution is 7.15. The molecule has 1 aromatic heterocycles. The molecule has 1 aromatic rings. The van der Waals surface area contributed by atoms with Crippen LogP contribution in [0.15, 0.2) is 6.20 Å².